The number of nitrogens with zero attached hydrogens (tertiary/aromatic N) is 1. The molecule has 0 heterocycles. The molecule has 110 valence electrons. The van der Waals surface area contributed by atoms with E-state index in [4.69, 9.17) is 0 Å². The predicted octanol–water partition coefficient (Wildman–Crippen LogP) is 4.12. The van der Waals surface area contributed by atoms with Crippen molar-refractivity contribution < 1.29 is 4.92 Å². The van der Waals surface area contributed by atoms with Crippen LogP contribution in [-0.4, -0.2) is 17.0 Å². The van der Waals surface area contributed by atoms with Crippen LogP contribution in [0.2, 0.25) is 0 Å². The summed E-state index contributed by atoms with van der Waals surface area (Å²) in [5, 5.41) is 14.4. The van der Waals surface area contributed by atoms with Crippen LogP contribution < -0.4 is 5.32 Å². The molecule has 4 heteroatoms. The lowest BCUT2D eigenvalue weighted by Crippen LogP contribution is -2.35. The first-order valence-corrected chi connectivity index (χ1v) is 6.90. The number of benzene rings is 1. The van der Waals surface area contributed by atoms with Crippen molar-refractivity contribution in [3.05, 3.63) is 45.5 Å². The molecule has 0 aliphatic heterocycles. The van der Waals surface area contributed by atoms with Crippen LogP contribution in [0.3, 0.4) is 0 Å². The highest BCUT2D eigenvalue weighted by atomic mass is 16.6. The third-order valence-electron chi connectivity index (χ3n) is 2.93. The van der Waals surface area contributed by atoms with Crippen LogP contribution in [0.25, 0.3) is 6.08 Å². The molecule has 0 aliphatic carbocycles. The van der Waals surface area contributed by atoms with Gasteiger partial charge < -0.3 is 5.32 Å². The Morgan fingerprint density at radius 1 is 1.35 bits per heavy atom. The van der Waals surface area contributed by atoms with E-state index in [2.05, 4.69) is 26.1 Å². The van der Waals surface area contributed by atoms with Crippen molar-refractivity contribution in [1.82, 2.24) is 5.32 Å². The van der Waals surface area contributed by atoms with Crippen molar-refractivity contribution in [2.24, 2.45) is 0 Å². The molecule has 20 heavy (non-hydrogen) atoms. The third-order valence-corrected chi connectivity index (χ3v) is 2.93. The van der Waals surface area contributed by atoms with E-state index in [-0.39, 0.29) is 22.1 Å². The lowest BCUT2D eigenvalue weighted by atomic mass is 9.99. The van der Waals surface area contributed by atoms with Gasteiger partial charge in [0.25, 0.3) is 5.69 Å². The molecule has 0 unspecified atom stereocenters. The van der Waals surface area contributed by atoms with Crippen molar-refractivity contribution in [2.75, 3.05) is 6.54 Å². The van der Waals surface area contributed by atoms with E-state index in [0.717, 1.165) is 17.7 Å². The van der Waals surface area contributed by atoms with Crippen LogP contribution in [0.4, 0.5) is 5.69 Å². The second-order valence-corrected chi connectivity index (χ2v) is 6.26. The maximum atomic E-state index is 11.1. The van der Waals surface area contributed by atoms with Crippen molar-refractivity contribution in [3.63, 3.8) is 0 Å². The van der Waals surface area contributed by atoms with E-state index >= 15 is 0 Å². The Hall–Kier alpha value is -1.68. The van der Waals surface area contributed by atoms with Gasteiger partial charge in [-0.2, -0.15) is 0 Å². The summed E-state index contributed by atoms with van der Waals surface area (Å²) in [5.41, 5.74) is 1.90. The zero-order valence-electron chi connectivity index (χ0n) is 12.9. The second kappa shape index (κ2) is 6.66. The SMILES string of the molecule is CC(C)c1ccc(C=CCNC(C)(C)C)cc1[N+](=O)[O-]. The summed E-state index contributed by atoms with van der Waals surface area (Å²) in [6.45, 7) is 11.0. The third kappa shape index (κ3) is 5.13. The number of nitrogens with one attached hydrogen (secondary N) is 1. The maximum Gasteiger partial charge on any atom is 0.273 e. The summed E-state index contributed by atoms with van der Waals surface area (Å²) >= 11 is 0. The Balaban J connectivity index is 2.85. The monoisotopic (exact) mass is 276 g/mol. The second-order valence-electron chi connectivity index (χ2n) is 6.26. The Morgan fingerprint density at radius 3 is 2.50 bits per heavy atom. The van der Waals surface area contributed by atoms with E-state index in [9.17, 15) is 10.1 Å². The number of hydrogen-bond acceptors (Lipinski definition) is 3. The lowest BCUT2D eigenvalue weighted by molar-refractivity contribution is -0.385. The fourth-order valence-corrected chi connectivity index (χ4v) is 1.87. The van der Waals surface area contributed by atoms with Gasteiger partial charge in [-0.1, -0.05) is 38.1 Å². The molecule has 0 aromatic heterocycles. The Kier molecular flexibility index (Phi) is 5.45. The summed E-state index contributed by atoms with van der Waals surface area (Å²) in [4.78, 5) is 10.8. The molecule has 1 N–H and O–H groups in total. The number of rotatable bonds is 5. The molecule has 0 atom stereocenters. The quantitative estimate of drug-likeness (QED) is 0.650. The van der Waals surface area contributed by atoms with Gasteiger partial charge in [0.1, 0.15) is 0 Å². The number of hydrogen-bond donors (Lipinski definition) is 1. The van der Waals surface area contributed by atoms with Gasteiger partial charge in [-0.25, -0.2) is 0 Å². The topological polar surface area (TPSA) is 55.2 Å². The first-order valence-electron chi connectivity index (χ1n) is 6.90. The molecular weight excluding hydrogens is 252 g/mol. The minimum absolute atomic E-state index is 0.0673. The summed E-state index contributed by atoms with van der Waals surface area (Å²) in [5.74, 6) is 0.149. The number of nitro benzene ring substituents is 1. The first-order chi connectivity index (χ1) is 9.20. The Morgan fingerprint density at radius 2 is 2.00 bits per heavy atom. The van der Waals surface area contributed by atoms with Gasteiger partial charge in [0, 0.05) is 23.7 Å². The van der Waals surface area contributed by atoms with Crippen LogP contribution in [-0.2, 0) is 0 Å². The summed E-state index contributed by atoms with van der Waals surface area (Å²) < 4.78 is 0. The Bertz CT molecular complexity index is 500. The summed E-state index contributed by atoms with van der Waals surface area (Å²) in [7, 11) is 0. The van der Waals surface area contributed by atoms with Gasteiger partial charge in [-0.05, 0) is 32.3 Å². The van der Waals surface area contributed by atoms with Crippen molar-refractivity contribution >= 4 is 11.8 Å². The van der Waals surface area contributed by atoms with Gasteiger partial charge in [-0.3, -0.25) is 10.1 Å². The van der Waals surface area contributed by atoms with E-state index < -0.39 is 0 Å². The first kappa shape index (κ1) is 16.4. The van der Waals surface area contributed by atoms with Crippen LogP contribution in [0.15, 0.2) is 24.3 Å². The van der Waals surface area contributed by atoms with E-state index in [1.165, 1.54) is 0 Å². The molecule has 0 saturated carbocycles. The van der Waals surface area contributed by atoms with E-state index in [0.29, 0.717) is 0 Å². The lowest BCUT2D eigenvalue weighted by Gasteiger charge is -2.18. The van der Waals surface area contributed by atoms with Crippen LogP contribution in [0.1, 0.15) is 51.7 Å². The molecule has 0 saturated heterocycles. The van der Waals surface area contributed by atoms with Gasteiger partial charge in [0.05, 0.1) is 4.92 Å². The maximum absolute atomic E-state index is 11.1. The highest BCUT2D eigenvalue weighted by Gasteiger charge is 2.16. The van der Waals surface area contributed by atoms with Gasteiger partial charge >= 0.3 is 0 Å². The molecule has 0 radical (unpaired) electrons. The fourth-order valence-electron chi connectivity index (χ4n) is 1.87. The number of nitro groups is 1. The van der Waals surface area contributed by atoms with E-state index in [1.54, 1.807) is 6.07 Å². The molecule has 4 nitrogen and oxygen atoms in total. The van der Waals surface area contributed by atoms with E-state index in [1.807, 2.05) is 38.1 Å². The molecular formula is C16H24N2O2. The van der Waals surface area contributed by atoms with Gasteiger partial charge in [-0.15, -0.1) is 0 Å². The van der Waals surface area contributed by atoms with Gasteiger partial charge in [0.2, 0.25) is 0 Å². The van der Waals surface area contributed by atoms with Crippen LogP contribution in [0.5, 0.6) is 0 Å². The largest absolute Gasteiger partial charge is 0.309 e. The standard InChI is InChI=1S/C16H24N2O2/c1-12(2)14-9-8-13(11-15(14)18(19)20)7-6-10-17-16(3,4)5/h6-9,11-12,17H,10H2,1-5H3. The minimum Gasteiger partial charge on any atom is -0.309 e. The molecule has 0 bridgehead atoms. The summed E-state index contributed by atoms with van der Waals surface area (Å²) in [6, 6.07) is 5.42. The highest BCUT2D eigenvalue weighted by Crippen LogP contribution is 2.27. The molecule has 1 rings (SSSR count). The van der Waals surface area contributed by atoms with Crippen molar-refractivity contribution in [3.8, 4) is 0 Å². The minimum atomic E-state index is -0.305. The molecule has 1 aromatic rings. The molecule has 0 aliphatic rings. The van der Waals surface area contributed by atoms with Crippen molar-refractivity contribution in [2.45, 2.75) is 46.1 Å². The molecule has 0 amide bonds. The average molecular weight is 276 g/mol. The average Bonchev–Trinajstić information content (AvgIpc) is 2.33. The van der Waals surface area contributed by atoms with Crippen LogP contribution in [0, 0.1) is 10.1 Å². The van der Waals surface area contributed by atoms with Gasteiger partial charge in [0.15, 0.2) is 0 Å². The Labute approximate surface area is 121 Å². The molecule has 0 fully saturated rings. The predicted molar refractivity (Wildman–Crippen MR) is 84.0 cm³/mol. The zero-order valence-corrected chi connectivity index (χ0v) is 12.9. The smallest absolute Gasteiger partial charge is 0.273 e. The molecule has 1 aromatic carbocycles. The summed E-state index contributed by atoms with van der Waals surface area (Å²) in [6.07, 6.45) is 3.90. The molecule has 0 spiro atoms. The van der Waals surface area contributed by atoms with Crippen molar-refractivity contribution in [1.29, 1.82) is 0 Å². The zero-order chi connectivity index (χ0) is 15.3. The van der Waals surface area contributed by atoms with Crippen LogP contribution >= 0.6 is 0 Å². The normalized spacial score (nSPS) is 12.3. The fraction of sp³-hybridized carbons (Fsp3) is 0.500. The highest BCUT2D eigenvalue weighted by molar-refractivity contribution is 5.57.